The van der Waals surface area contributed by atoms with Gasteiger partial charge in [-0.3, -0.25) is 4.79 Å². The van der Waals surface area contributed by atoms with Crippen LogP contribution in [-0.4, -0.2) is 19.5 Å². The summed E-state index contributed by atoms with van der Waals surface area (Å²) in [5.74, 6) is -0.0718. The fraction of sp³-hybridized carbons (Fsp3) is 0.714. The lowest BCUT2D eigenvalue weighted by molar-refractivity contribution is -0.126. The van der Waals surface area contributed by atoms with Crippen molar-refractivity contribution in [2.24, 2.45) is 5.41 Å². The van der Waals surface area contributed by atoms with Crippen molar-refractivity contribution in [2.45, 2.75) is 12.8 Å². The summed E-state index contributed by atoms with van der Waals surface area (Å²) in [4.78, 5) is 11.0. The molecule has 0 spiro atoms. The second-order valence-corrected chi connectivity index (χ2v) is 2.55. The van der Waals surface area contributed by atoms with Crippen molar-refractivity contribution in [3.05, 3.63) is 0 Å². The number of rotatable bonds is 3. The van der Waals surface area contributed by atoms with Gasteiger partial charge in [-0.1, -0.05) is 0 Å². The number of ether oxygens (including phenoxy) is 1. The van der Waals surface area contributed by atoms with E-state index in [-0.39, 0.29) is 12.4 Å². The molecule has 0 aliphatic heterocycles. The van der Waals surface area contributed by atoms with Gasteiger partial charge >= 0.3 is 0 Å². The highest BCUT2D eigenvalue weighted by Gasteiger charge is 2.49. The largest absolute Gasteiger partial charge is 0.377 e. The van der Waals surface area contributed by atoms with Gasteiger partial charge in [0, 0.05) is 7.11 Å². The van der Waals surface area contributed by atoms with E-state index in [1.54, 1.807) is 0 Å². The molecule has 1 saturated carbocycles. The quantitative estimate of drug-likeness (QED) is 0.572. The number of nitriles is 1. The van der Waals surface area contributed by atoms with Gasteiger partial charge in [0.05, 0.1) is 6.07 Å². The van der Waals surface area contributed by atoms with Crippen LogP contribution in [0.3, 0.4) is 0 Å². The highest BCUT2D eigenvalue weighted by atomic mass is 16.5. The first-order valence-electron chi connectivity index (χ1n) is 3.19. The maximum atomic E-state index is 11.0. The van der Waals surface area contributed by atoms with Gasteiger partial charge < -0.3 is 4.74 Å². The highest BCUT2D eigenvalue weighted by molar-refractivity contribution is 5.91. The maximum absolute atomic E-state index is 11.0. The van der Waals surface area contributed by atoms with Crippen molar-refractivity contribution < 1.29 is 9.53 Å². The molecular formula is C7H9NO2. The van der Waals surface area contributed by atoms with E-state index < -0.39 is 5.41 Å². The zero-order valence-electron chi connectivity index (χ0n) is 5.89. The Morgan fingerprint density at radius 1 is 1.80 bits per heavy atom. The lowest BCUT2D eigenvalue weighted by Crippen LogP contribution is -2.18. The van der Waals surface area contributed by atoms with Crippen molar-refractivity contribution in [1.29, 1.82) is 5.26 Å². The minimum atomic E-state index is -0.657. The minimum Gasteiger partial charge on any atom is -0.377 e. The molecule has 0 amide bonds. The molecule has 54 valence electrons. The molecule has 0 saturated heterocycles. The first-order chi connectivity index (χ1) is 4.75. The minimum absolute atomic E-state index is 0.0718. The number of hydrogen-bond donors (Lipinski definition) is 0. The average molecular weight is 139 g/mol. The second-order valence-electron chi connectivity index (χ2n) is 2.55. The smallest absolute Gasteiger partial charge is 0.178 e. The standard InChI is InChI=1S/C7H9NO2/c1-10-4-6(9)7(5-8)2-3-7/h2-4H2,1H3. The predicted octanol–water partition coefficient (Wildman–Crippen LogP) is 0.506. The van der Waals surface area contributed by atoms with Crippen LogP contribution in [0.25, 0.3) is 0 Å². The van der Waals surface area contributed by atoms with E-state index >= 15 is 0 Å². The fourth-order valence-corrected chi connectivity index (χ4v) is 0.847. The molecule has 0 bridgehead atoms. The van der Waals surface area contributed by atoms with Gasteiger partial charge in [-0.05, 0) is 12.8 Å². The molecule has 1 fully saturated rings. The van der Waals surface area contributed by atoms with Crippen LogP contribution in [0.15, 0.2) is 0 Å². The Balaban J connectivity index is 2.50. The van der Waals surface area contributed by atoms with Crippen molar-refractivity contribution in [3.63, 3.8) is 0 Å². The van der Waals surface area contributed by atoms with Gasteiger partial charge in [0.15, 0.2) is 5.78 Å². The molecule has 0 N–H and O–H groups in total. The van der Waals surface area contributed by atoms with E-state index in [4.69, 9.17) is 5.26 Å². The molecule has 3 heteroatoms. The van der Waals surface area contributed by atoms with E-state index in [0.29, 0.717) is 12.8 Å². The van der Waals surface area contributed by atoms with Crippen LogP contribution < -0.4 is 0 Å². The number of Topliss-reactive ketones (excluding diaryl/α,β-unsaturated/α-hetero) is 1. The number of carbonyl (C=O) groups is 1. The van der Waals surface area contributed by atoms with Crippen LogP contribution in [-0.2, 0) is 9.53 Å². The van der Waals surface area contributed by atoms with E-state index in [9.17, 15) is 4.79 Å². The Labute approximate surface area is 59.6 Å². The van der Waals surface area contributed by atoms with E-state index in [2.05, 4.69) is 4.74 Å². The van der Waals surface area contributed by atoms with Gasteiger partial charge in [-0.25, -0.2) is 0 Å². The Kier molecular flexibility index (Phi) is 1.73. The summed E-state index contributed by atoms with van der Waals surface area (Å²) >= 11 is 0. The Morgan fingerprint density at radius 2 is 2.40 bits per heavy atom. The lowest BCUT2D eigenvalue weighted by atomic mass is 10.0. The van der Waals surface area contributed by atoms with Crippen molar-refractivity contribution >= 4 is 5.78 Å². The van der Waals surface area contributed by atoms with Crippen molar-refractivity contribution in [3.8, 4) is 6.07 Å². The van der Waals surface area contributed by atoms with E-state index in [1.807, 2.05) is 6.07 Å². The number of carbonyl (C=O) groups excluding carboxylic acids is 1. The monoisotopic (exact) mass is 139 g/mol. The molecule has 0 aromatic carbocycles. The van der Waals surface area contributed by atoms with Gasteiger partial charge in [-0.15, -0.1) is 0 Å². The summed E-state index contributed by atoms with van der Waals surface area (Å²) in [6.07, 6.45) is 1.43. The summed E-state index contributed by atoms with van der Waals surface area (Å²) in [6, 6.07) is 2.01. The van der Waals surface area contributed by atoms with Gasteiger partial charge in [0.2, 0.25) is 0 Å². The third-order valence-corrected chi connectivity index (χ3v) is 1.77. The molecule has 1 rings (SSSR count). The molecule has 0 radical (unpaired) electrons. The number of nitrogens with zero attached hydrogens (tertiary/aromatic N) is 1. The lowest BCUT2D eigenvalue weighted by Gasteiger charge is -2.00. The highest BCUT2D eigenvalue weighted by Crippen LogP contribution is 2.45. The summed E-state index contributed by atoms with van der Waals surface area (Å²) in [5.41, 5.74) is -0.657. The third kappa shape index (κ3) is 1.03. The maximum Gasteiger partial charge on any atom is 0.178 e. The topological polar surface area (TPSA) is 50.1 Å². The third-order valence-electron chi connectivity index (χ3n) is 1.77. The summed E-state index contributed by atoms with van der Waals surface area (Å²) in [5, 5.41) is 8.53. The van der Waals surface area contributed by atoms with Crippen LogP contribution in [0, 0.1) is 16.7 Å². The zero-order valence-corrected chi connectivity index (χ0v) is 5.89. The Bertz CT molecular complexity index is 188. The molecule has 0 heterocycles. The molecule has 0 aromatic heterocycles. The first kappa shape index (κ1) is 7.23. The number of hydrogen-bond acceptors (Lipinski definition) is 3. The molecule has 1 aliphatic carbocycles. The molecule has 0 aromatic rings. The number of methoxy groups -OCH3 is 1. The Hall–Kier alpha value is -0.880. The van der Waals surface area contributed by atoms with Crippen molar-refractivity contribution in [1.82, 2.24) is 0 Å². The molecule has 10 heavy (non-hydrogen) atoms. The number of ketones is 1. The van der Waals surface area contributed by atoms with Crippen LogP contribution in [0.5, 0.6) is 0 Å². The van der Waals surface area contributed by atoms with Crippen LogP contribution >= 0.6 is 0 Å². The summed E-state index contributed by atoms with van der Waals surface area (Å²) in [6.45, 7) is 0.0769. The van der Waals surface area contributed by atoms with E-state index in [0.717, 1.165) is 0 Å². The van der Waals surface area contributed by atoms with Crippen LogP contribution in [0.2, 0.25) is 0 Å². The second kappa shape index (κ2) is 2.39. The van der Waals surface area contributed by atoms with Gasteiger partial charge in [0.25, 0.3) is 0 Å². The van der Waals surface area contributed by atoms with Crippen molar-refractivity contribution in [2.75, 3.05) is 13.7 Å². The molecular weight excluding hydrogens is 130 g/mol. The zero-order chi connectivity index (χ0) is 7.61. The van der Waals surface area contributed by atoms with Gasteiger partial charge in [0.1, 0.15) is 12.0 Å². The molecule has 3 nitrogen and oxygen atoms in total. The SMILES string of the molecule is COCC(=O)C1(C#N)CC1. The summed E-state index contributed by atoms with van der Waals surface area (Å²) in [7, 11) is 1.46. The van der Waals surface area contributed by atoms with Gasteiger partial charge in [-0.2, -0.15) is 5.26 Å². The summed E-state index contributed by atoms with van der Waals surface area (Å²) < 4.78 is 4.63. The predicted molar refractivity (Wildman–Crippen MR) is 34.2 cm³/mol. The first-order valence-corrected chi connectivity index (χ1v) is 3.19. The van der Waals surface area contributed by atoms with Crippen LogP contribution in [0.4, 0.5) is 0 Å². The average Bonchev–Trinajstić information content (AvgIpc) is 2.68. The van der Waals surface area contributed by atoms with Crippen LogP contribution in [0.1, 0.15) is 12.8 Å². The Morgan fingerprint density at radius 3 is 2.70 bits per heavy atom. The fourth-order valence-electron chi connectivity index (χ4n) is 0.847. The molecule has 1 aliphatic rings. The normalized spacial score (nSPS) is 19.6. The molecule has 0 unspecified atom stereocenters. The van der Waals surface area contributed by atoms with E-state index in [1.165, 1.54) is 7.11 Å². The molecule has 0 atom stereocenters.